The first-order valence-electron chi connectivity index (χ1n) is 10.0. The van der Waals surface area contributed by atoms with Crippen molar-refractivity contribution >= 4 is 27.3 Å². The predicted molar refractivity (Wildman–Crippen MR) is 112 cm³/mol. The first kappa shape index (κ1) is 19.2. The molecule has 1 aromatic heterocycles. The molecule has 146 valence electrons. The van der Waals surface area contributed by atoms with E-state index in [4.69, 9.17) is 0 Å². The molecule has 2 heterocycles. The fraction of sp³-hybridized carbons (Fsp3) is 0.391. The highest BCUT2D eigenvalue weighted by molar-refractivity contribution is 7.16. The molecule has 2 aromatic carbocycles. The number of likely N-dealkylation sites (tertiary alicyclic amines) is 1. The van der Waals surface area contributed by atoms with Crippen molar-refractivity contribution in [3.8, 4) is 0 Å². The van der Waals surface area contributed by atoms with Crippen LogP contribution in [-0.2, 0) is 6.42 Å². The van der Waals surface area contributed by atoms with Crippen molar-refractivity contribution in [2.45, 2.75) is 32.1 Å². The van der Waals surface area contributed by atoms with Crippen molar-refractivity contribution in [1.29, 1.82) is 0 Å². The number of ketones is 1. The molecular weight excluding hydrogens is 371 g/mol. The summed E-state index contributed by atoms with van der Waals surface area (Å²) < 4.78 is 14.3. The van der Waals surface area contributed by atoms with Gasteiger partial charge in [0.15, 0.2) is 5.78 Å². The number of rotatable bonds is 7. The number of aromatic nitrogens is 1. The number of piperidine rings is 1. The van der Waals surface area contributed by atoms with Gasteiger partial charge in [0, 0.05) is 11.5 Å². The summed E-state index contributed by atoms with van der Waals surface area (Å²) >= 11 is 1.70. The van der Waals surface area contributed by atoms with E-state index in [1.165, 1.54) is 35.2 Å². The van der Waals surface area contributed by atoms with Gasteiger partial charge in [0.2, 0.25) is 0 Å². The quantitative estimate of drug-likeness (QED) is 0.398. The lowest BCUT2D eigenvalue weighted by Gasteiger charge is -2.31. The van der Waals surface area contributed by atoms with Crippen LogP contribution in [0.15, 0.2) is 48.0 Å². The number of carbonyl (C=O) groups excluding carboxylic acids is 1. The van der Waals surface area contributed by atoms with Crippen molar-refractivity contribution in [2.24, 2.45) is 5.92 Å². The van der Waals surface area contributed by atoms with Crippen LogP contribution in [0.2, 0.25) is 0 Å². The summed E-state index contributed by atoms with van der Waals surface area (Å²) in [5.74, 6) is -0.0516. The lowest BCUT2D eigenvalue weighted by atomic mass is 9.89. The van der Waals surface area contributed by atoms with Gasteiger partial charge in [-0.1, -0.05) is 6.07 Å². The summed E-state index contributed by atoms with van der Waals surface area (Å²) in [4.78, 5) is 19.4. The SMILES string of the molecule is O=C(c1ccc(F)cc1)C1CCN(CCCCc2ccc3ncsc3c2)CC1. The van der Waals surface area contributed by atoms with Crippen molar-refractivity contribution < 1.29 is 9.18 Å². The maximum Gasteiger partial charge on any atom is 0.166 e. The van der Waals surface area contributed by atoms with Gasteiger partial charge in [0.1, 0.15) is 5.82 Å². The predicted octanol–water partition coefficient (Wildman–Crippen LogP) is 5.35. The molecule has 5 heteroatoms. The average Bonchev–Trinajstić information content (AvgIpc) is 3.20. The molecule has 1 aliphatic rings. The van der Waals surface area contributed by atoms with Crippen LogP contribution in [0.3, 0.4) is 0 Å². The van der Waals surface area contributed by atoms with E-state index in [-0.39, 0.29) is 17.5 Å². The second kappa shape index (κ2) is 8.93. The molecule has 3 nitrogen and oxygen atoms in total. The third-order valence-corrected chi connectivity index (χ3v) is 6.46. The van der Waals surface area contributed by atoms with E-state index in [0.29, 0.717) is 5.56 Å². The van der Waals surface area contributed by atoms with E-state index in [2.05, 4.69) is 28.1 Å². The van der Waals surface area contributed by atoms with Crippen LogP contribution in [0.25, 0.3) is 10.2 Å². The third kappa shape index (κ3) is 4.65. The lowest BCUT2D eigenvalue weighted by Crippen LogP contribution is -2.37. The van der Waals surface area contributed by atoms with Crippen LogP contribution in [0, 0.1) is 11.7 Å². The van der Waals surface area contributed by atoms with Gasteiger partial charge < -0.3 is 4.90 Å². The van der Waals surface area contributed by atoms with E-state index in [9.17, 15) is 9.18 Å². The highest BCUT2D eigenvalue weighted by Crippen LogP contribution is 2.23. The third-order valence-electron chi connectivity index (χ3n) is 5.67. The van der Waals surface area contributed by atoms with Crippen LogP contribution in [0.1, 0.15) is 41.6 Å². The molecule has 0 amide bonds. The first-order chi connectivity index (χ1) is 13.7. The zero-order valence-corrected chi connectivity index (χ0v) is 16.8. The molecular formula is C23H25FN2OS. The van der Waals surface area contributed by atoms with E-state index in [0.717, 1.165) is 44.4 Å². The number of thiazole rings is 1. The molecule has 0 saturated carbocycles. The Balaban J connectivity index is 1.18. The molecule has 0 radical (unpaired) electrons. The number of hydrogen-bond donors (Lipinski definition) is 0. The number of benzene rings is 2. The summed E-state index contributed by atoms with van der Waals surface area (Å²) in [6.45, 7) is 3.05. The first-order valence-corrected chi connectivity index (χ1v) is 10.9. The smallest absolute Gasteiger partial charge is 0.166 e. The molecule has 0 bridgehead atoms. The number of hydrogen-bond acceptors (Lipinski definition) is 4. The monoisotopic (exact) mass is 396 g/mol. The molecule has 1 fully saturated rings. The Bertz CT molecular complexity index is 929. The van der Waals surface area contributed by atoms with Crippen LogP contribution >= 0.6 is 11.3 Å². The summed E-state index contributed by atoms with van der Waals surface area (Å²) in [5, 5.41) is 0. The van der Waals surface area contributed by atoms with E-state index in [1.807, 2.05) is 5.51 Å². The summed E-state index contributed by atoms with van der Waals surface area (Å²) in [6.07, 6.45) is 5.26. The molecule has 1 aliphatic heterocycles. The maximum atomic E-state index is 13.0. The van der Waals surface area contributed by atoms with Crippen molar-refractivity contribution in [3.63, 3.8) is 0 Å². The van der Waals surface area contributed by atoms with Crippen LogP contribution < -0.4 is 0 Å². The molecule has 0 atom stereocenters. The summed E-state index contributed by atoms with van der Waals surface area (Å²) in [7, 11) is 0. The summed E-state index contributed by atoms with van der Waals surface area (Å²) in [6, 6.07) is 12.5. The van der Waals surface area contributed by atoms with Gasteiger partial charge >= 0.3 is 0 Å². The number of fused-ring (bicyclic) bond motifs is 1. The maximum absolute atomic E-state index is 13.0. The highest BCUT2D eigenvalue weighted by atomic mass is 32.1. The van der Waals surface area contributed by atoms with Crippen LogP contribution in [0.4, 0.5) is 4.39 Å². The fourth-order valence-electron chi connectivity index (χ4n) is 3.99. The Morgan fingerprint density at radius 2 is 1.89 bits per heavy atom. The number of aryl methyl sites for hydroxylation is 1. The molecule has 0 spiro atoms. The molecule has 3 aromatic rings. The second-order valence-electron chi connectivity index (χ2n) is 7.60. The zero-order valence-electron chi connectivity index (χ0n) is 15.9. The highest BCUT2D eigenvalue weighted by Gasteiger charge is 2.25. The number of nitrogens with zero attached hydrogens (tertiary/aromatic N) is 2. The Morgan fingerprint density at radius 3 is 2.68 bits per heavy atom. The van der Waals surface area contributed by atoms with Gasteiger partial charge in [-0.05, 0) is 93.7 Å². The average molecular weight is 397 g/mol. The van der Waals surface area contributed by atoms with E-state index in [1.54, 1.807) is 23.5 Å². The number of halogens is 1. The van der Waals surface area contributed by atoms with Crippen LogP contribution in [-0.4, -0.2) is 35.3 Å². The Hall–Kier alpha value is -2.11. The number of unbranched alkanes of at least 4 members (excludes halogenated alkanes) is 1. The van der Waals surface area contributed by atoms with Crippen LogP contribution in [0.5, 0.6) is 0 Å². The van der Waals surface area contributed by atoms with Gasteiger partial charge in [0.05, 0.1) is 15.7 Å². The molecule has 28 heavy (non-hydrogen) atoms. The molecule has 4 rings (SSSR count). The minimum Gasteiger partial charge on any atom is -0.303 e. The number of Topliss-reactive ketones (excluding diaryl/α,β-unsaturated/α-hetero) is 1. The van der Waals surface area contributed by atoms with Gasteiger partial charge in [-0.25, -0.2) is 9.37 Å². The topological polar surface area (TPSA) is 33.2 Å². The zero-order chi connectivity index (χ0) is 19.3. The molecule has 0 unspecified atom stereocenters. The Labute approximate surface area is 169 Å². The van der Waals surface area contributed by atoms with E-state index >= 15 is 0 Å². The van der Waals surface area contributed by atoms with Gasteiger partial charge in [-0.15, -0.1) is 11.3 Å². The molecule has 0 N–H and O–H groups in total. The van der Waals surface area contributed by atoms with Crippen molar-refractivity contribution in [2.75, 3.05) is 19.6 Å². The summed E-state index contributed by atoms with van der Waals surface area (Å²) in [5.41, 5.74) is 5.02. The minimum atomic E-state index is -0.293. The standard InChI is InChI=1S/C23H25FN2OS/c24-20-7-5-18(6-8-20)23(27)19-10-13-26(14-11-19)12-2-1-3-17-4-9-21-22(15-17)28-16-25-21/h4-9,15-16,19H,1-3,10-14H2. The van der Waals surface area contributed by atoms with Gasteiger partial charge in [-0.2, -0.15) is 0 Å². The molecule has 0 aliphatic carbocycles. The largest absolute Gasteiger partial charge is 0.303 e. The van der Waals surface area contributed by atoms with E-state index < -0.39 is 0 Å². The number of carbonyl (C=O) groups is 1. The van der Waals surface area contributed by atoms with Gasteiger partial charge in [0.25, 0.3) is 0 Å². The lowest BCUT2D eigenvalue weighted by molar-refractivity contribution is 0.0839. The second-order valence-corrected chi connectivity index (χ2v) is 8.48. The van der Waals surface area contributed by atoms with Crippen molar-refractivity contribution in [3.05, 3.63) is 64.9 Å². The molecule has 1 saturated heterocycles. The van der Waals surface area contributed by atoms with Crippen molar-refractivity contribution in [1.82, 2.24) is 9.88 Å². The Kier molecular flexibility index (Phi) is 6.13. The minimum absolute atomic E-state index is 0.0767. The fourth-order valence-corrected chi connectivity index (χ4v) is 4.73. The van der Waals surface area contributed by atoms with Gasteiger partial charge in [-0.3, -0.25) is 4.79 Å². The Morgan fingerprint density at radius 1 is 1.11 bits per heavy atom. The normalized spacial score (nSPS) is 15.9.